The Kier molecular flexibility index (Phi) is 5.84. The zero-order chi connectivity index (χ0) is 22.9. The van der Waals surface area contributed by atoms with E-state index < -0.39 is 30.1 Å². The molecule has 0 radical (unpaired) electrons. The van der Waals surface area contributed by atoms with Gasteiger partial charge >= 0.3 is 13.1 Å². The van der Waals surface area contributed by atoms with Gasteiger partial charge < -0.3 is 19.4 Å². The number of alkyl halides is 3. The topological polar surface area (TPSA) is 56.8 Å². The minimum absolute atomic E-state index is 0.374. The third-order valence-electron chi connectivity index (χ3n) is 5.28. The molecule has 3 aromatic rings. The lowest BCUT2D eigenvalue weighted by atomic mass is 9.56. The Morgan fingerprint density at radius 3 is 2.47 bits per heavy atom. The van der Waals surface area contributed by atoms with E-state index in [4.69, 9.17) is 14.1 Å². The Morgan fingerprint density at radius 1 is 1.00 bits per heavy atom. The lowest BCUT2D eigenvalue weighted by Gasteiger charge is -2.14. The summed E-state index contributed by atoms with van der Waals surface area (Å²) in [7, 11) is 3.09. The van der Waals surface area contributed by atoms with E-state index in [0.717, 1.165) is 28.6 Å². The van der Waals surface area contributed by atoms with Gasteiger partial charge in [-0.05, 0) is 52.9 Å². The van der Waals surface area contributed by atoms with E-state index in [9.17, 15) is 18.0 Å². The highest BCUT2D eigenvalue weighted by Gasteiger charge is 2.35. The quantitative estimate of drug-likeness (QED) is 0.615. The first-order valence-corrected chi connectivity index (χ1v) is 9.75. The largest absolute Gasteiger partial charge is 0.493 e. The Hall–Kier alpha value is -3.46. The number of hydrogen-bond acceptors (Lipinski definition) is 4. The summed E-state index contributed by atoms with van der Waals surface area (Å²) in [5, 5.41) is 2.57. The van der Waals surface area contributed by atoms with Gasteiger partial charge in [0.15, 0.2) is 11.5 Å². The van der Waals surface area contributed by atoms with E-state index in [0.29, 0.717) is 23.8 Å². The van der Waals surface area contributed by atoms with Gasteiger partial charge in [0.25, 0.3) is 5.91 Å². The molecular weight excluding hydrogens is 422 g/mol. The molecule has 0 aliphatic carbocycles. The van der Waals surface area contributed by atoms with Crippen LogP contribution in [-0.2, 0) is 17.4 Å². The second kappa shape index (κ2) is 8.59. The summed E-state index contributed by atoms with van der Waals surface area (Å²) in [6.45, 7) is -0.0384. The first-order chi connectivity index (χ1) is 15.3. The molecule has 1 aliphatic rings. The maximum atomic E-state index is 13.3. The van der Waals surface area contributed by atoms with E-state index >= 15 is 0 Å². The predicted molar refractivity (Wildman–Crippen MR) is 115 cm³/mol. The van der Waals surface area contributed by atoms with Crippen molar-refractivity contribution in [3.8, 4) is 11.5 Å². The van der Waals surface area contributed by atoms with Gasteiger partial charge in [-0.2, -0.15) is 13.2 Å². The van der Waals surface area contributed by atoms with Crippen molar-refractivity contribution in [3.05, 3.63) is 77.4 Å². The van der Waals surface area contributed by atoms with Gasteiger partial charge in [-0.1, -0.05) is 24.3 Å². The van der Waals surface area contributed by atoms with Crippen LogP contribution in [0.1, 0.15) is 21.5 Å². The molecule has 1 heterocycles. The first kappa shape index (κ1) is 21.8. The molecule has 1 aliphatic heterocycles. The number of nitrogens with one attached hydrogen (secondary N) is 1. The van der Waals surface area contributed by atoms with Crippen molar-refractivity contribution >= 4 is 29.4 Å². The summed E-state index contributed by atoms with van der Waals surface area (Å²) in [6, 6.07) is 15.3. The number of fused-ring (bicyclic) bond motifs is 1. The lowest BCUT2D eigenvalue weighted by molar-refractivity contribution is -0.137. The SMILES string of the molecule is COc1ccc(B2OCc3ccc(NC(=O)c4ccccc4C(F)(F)F)cc32)cc1OC. The fraction of sp³-hybridized carbons (Fsp3) is 0.174. The number of carbonyl (C=O) groups is 1. The number of carbonyl (C=O) groups excluding carboxylic acids is 1. The van der Waals surface area contributed by atoms with Crippen LogP contribution in [0.25, 0.3) is 0 Å². The second-order valence-corrected chi connectivity index (χ2v) is 7.22. The zero-order valence-electron chi connectivity index (χ0n) is 17.3. The molecule has 9 heteroatoms. The summed E-state index contributed by atoms with van der Waals surface area (Å²) >= 11 is 0. The smallest absolute Gasteiger partial charge is 0.417 e. The van der Waals surface area contributed by atoms with Gasteiger partial charge in [0, 0.05) is 5.69 Å². The normalized spacial score (nSPS) is 13.0. The molecule has 0 saturated carbocycles. The van der Waals surface area contributed by atoms with E-state index in [-0.39, 0.29) is 0 Å². The summed E-state index contributed by atoms with van der Waals surface area (Å²) in [4.78, 5) is 12.6. The van der Waals surface area contributed by atoms with Crippen molar-refractivity contribution < 1.29 is 32.1 Å². The van der Waals surface area contributed by atoms with Crippen molar-refractivity contribution in [3.63, 3.8) is 0 Å². The number of halogens is 3. The number of rotatable bonds is 5. The molecule has 164 valence electrons. The van der Waals surface area contributed by atoms with Gasteiger partial charge in [0.2, 0.25) is 0 Å². The fourth-order valence-corrected chi connectivity index (χ4v) is 3.73. The van der Waals surface area contributed by atoms with Crippen molar-refractivity contribution in [2.45, 2.75) is 12.8 Å². The van der Waals surface area contributed by atoms with Crippen LogP contribution < -0.4 is 25.7 Å². The standard InChI is InChI=1S/C23H19BF3NO4/c1-30-20-10-8-15(11-21(20)31-2)24-19-12-16(9-7-14(19)13-32-24)28-22(29)17-5-3-4-6-18(17)23(25,26)27/h3-12H,13H2,1-2H3,(H,28,29). The van der Waals surface area contributed by atoms with Crippen molar-refractivity contribution in [1.82, 2.24) is 0 Å². The van der Waals surface area contributed by atoms with Crippen LogP contribution in [0.3, 0.4) is 0 Å². The molecule has 1 amide bonds. The van der Waals surface area contributed by atoms with Gasteiger partial charge in [0.05, 0.1) is 32.0 Å². The molecule has 0 atom stereocenters. The van der Waals surface area contributed by atoms with Crippen LogP contribution in [0.15, 0.2) is 60.7 Å². The summed E-state index contributed by atoms with van der Waals surface area (Å²) in [5.41, 5.74) is 1.53. The number of amides is 1. The monoisotopic (exact) mass is 441 g/mol. The van der Waals surface area contributed by atoms with Crippen molar-refractivity contribution in [2.75, 3.05) is 19.5 Å². The molecule has 0 unspecified atom stereocenters. The van der Waals surface area contributed by atoms with Crippen molar-refractivity contribution in [2.24, 2.45) is 0 Å². The minimum Gasteiger partial charge on any atom is -0.493 e. The number of ether oxygens (including phenoxy) is 2. The average molecular weight is 441 g/mol. The zero-order valence-corrected chi connectivity index (χ0v) is 17.3. The Labute approximate surface area is 183 Å². The van der Waals surface area contributed by atoms with Crippen molar-refractivity contribution in [1.29, 1.82) is 0 Å². The minimum atomic E-state index is -4.63. The molecule has 0 spiro atoms. The molecular formula is C23H19BF3NO4. The lowest BCUT2D eigenvalue weighted by Crippen LogP contribution is -2.41. The van der Waals surface area contributed by atoms with Gasteiger partial charge in [-0.3, -0.25) is 4.79 Å². The number of methoxy groups -OCH3 is 2. The summed E-state index contributed by atoms with van der Waals surface area (Å²) in [5.74, 6) is 0.300. The maximum absolute atomic E-state index is 13.3. The number of benzene rings is 3. The molecule has 3 aromatic carbocycles. The Morgan fingerprint density at radius 2 is 1.75 bits per heavy atom. The maximum Gasteiger partial charge on any atom is 0.417 e. The summed E-state index contributed by atoms with van der Waals surface area (Å²) in [6.07, 6.45) is -4.63. The average Bonchev–Trinajstić information content (AvgIpc) is 3.21. The van der Waals surface area contributed by atoms with Crippen LogP contribution in [0.4, 0.5) is 18.9 Å². The number of anilines is 1. The molecule has 1 N–H and O–H groups in total. The second-order valence-electron chi connectivity index (χ2n) is 7.22. The van der Waals surface area contributed by atoms with Gasteiger partial charge in [0.1, 0.15) is 0 Å². The van der Waals surface area contributed by atoms with Crippen LogP contribution in [0.5, 0.6) is 11.5 Å². The van der Waals surface area contributed by atoms with Gasteiger partial charge in [-0.15, -0.1) is 0 Å². The third-order valence-corrected chi connectivity index (χ3v) is 5.28. The Bertz CT molecular complexity index is 1170. The van der Waals surface area contributed by atoms with E-state index in [2.05, 4.69) is 5.32 Å². The molecule has 4 rings (SSSR count). The first-order valence-electron chi connectivity index (χ1n) is 9.75. The predicted octanol–water partition coefficient (Wildman–Crippen LogP) is 3.61. The molecule has 5 nitrogen and oxygen atoms in total. The highest BCUT2D eigenvalue weighted by atomic mass is 19.4. The number of hydrogen-bond donors (Lipinski definition) is 1. The molecule has 0 bridgehead atoms. The highest BCUT2D eigenvalue weighted by molar-refractivity contribution is 6.81. The summed E-state index contributed by atoms with van der Waals surface area (Å²) < 4.78 is 56.4. The molecule has 0 saturated heterocycles. The third kappa shape index (κ3) is 4.16. The Balaban J connectivity index is 1.62. The van der Waals surface area contributed by atoms with Gasteiger partial charge in [-0.25, -0.2) is 0 Å². The van der Waals surface area contributed by atoms with E-state index in [1.807, 2.05) is 12.1 Å². The fourth-order valence-electron chi connectivity index (χ4n) is 3.73. The van der Waals surface area contributed by atoms with Crippen LogP contribution in [0, 0.1) is 0 Å². The molecule has 0 fully saturated rings. The van der Waals surface area contributed by atoms with Crippen LogP contribution in [0.2, 0.25) is 0 Å². The van der Waals surface area contributed by atoms with E-state index in [1.54, 1.807) is 31.4 Å². The van der Waals surface area contributed by atoms with Crippen LogP contribution in [-0.4, -0.2) is 27.0 Å². The van der Waals surface area contributed by atoms with Crippen LogP contribution >= 0.6 is 0 Å². The van der Waals surface area contributed by atoms with E-state index in [1.165, 1.54) is 19.2 Å². The molecule has 32 heavy (non-hydrogen) atoms. The highest BCUT2D eigenvalue weighted by Crippen LogP contribution is 2.32. The molecule has 0 aromatic heterocycles.